The summed E-state index contributed by atoms with van der Waals surface area (Å²) in [5, 5.41) is 2.26. The fourth-order valence-electron chi connectivity index (χ4n) is 2.19. The third-order valence-electron chi connectivity index (χ3n) is 2.99. The van der Waals surface area contributed by atoms with Crippen LogP contribution in [0.25, 0.3) is 21.9 Å². The molecule has 0 saturated heterocycles. The molecule has 0 bridgehead atoms. The monoisotopic (exact) mass is 300 g/mol. The molecular weight excluding hydrogens is 291 g/mol. The second kappa shape index (κ2) is 4.54. The lowest BCUT2D eigenvalue weighted by Gasteiger charge is -2.08. The van der Waals surface area contributed by atoms with Crippen LogP contribution >= 0.6 is 15.9 Å². The smallest absolute Gasteiger partial charge is 0.123 e. The van der Waals surface area contributed by atoms with E-state index in [0.29, 0.717) is 0 Å². The van der Waals surface area contributed by atoms with Gasteiger partial charge in [-0.05, 0) is 34.7 Å². The van der Waals surface area contributed by atoms with Crippen LogP contribution in [0.15, 0.2) is 65.1 Å². The van der Waals surface area contributed by atoms with Crippen LogP contribution in [0, 0.1) is 5.82 Å². The Morgan fingerprint density at radius 3 is 2.33 bits per heavy atom. The van der Waals surface area contributed by atoms with Crippen molar-refractivity contribution in [2.75, 3.05) is 0 Å². The maximum Gasteiger partial charge on any atom is 0.123 e. The molecule has 2 heteroatoms. The van der Waals surface area contributed by atoms with Crippen LogP contribution < -0.4 is 0 Å². The highest BCUT2D eigenvalue weighted by atomic mass is 79.9. The summed E-state index contributed by atoms with van der Waals surface area (Å²) in [6, 6.07) is 18.8. The molecule has 3 aromatic carbocycles. The van der Waals surface area contributed by atoms with Crippen LogP contribution in [0.3, 0.4) is 0 Å². The van der Waals surface area contributed by atoms with E-state index in [-0.39, 0.29) is 5.82 Å². The highest BCUT2D eigenvalue weighted by Gasteiger charge is 2.07. The standard InChI is InChI=1S/C16H10BrF/c17-15-9-3-5-11-4-2-8-14(16(11)15)12-6-1-7-13(18)10-12/h1-10H. The Bertz CT molecular complexity index is 714. The van der Waals surface area contributed by atoms with Crippen molar-refractivity contribution in [2.24, 2.45) is 0 Å². The van der Waals surface area contributed by atoms with Gasteiger partial charge in [0.1, 0.15) is 5.82 Å². The lowest BCUT2D eigenvalue weighted by molar-refractivity contribution is 0.628. The van der Waals surface area contributed by atoms with E-state index < -0.39 is 0 Å². The highest BCUT2D eigenvalue weighted by Crippen LogP contribution is 2.33. The van der Waals surface area contributed by atoms with Gasteiger partial charge in [-0.3, -0.25) is 0 Å². The number of fused-ring (bicyclic) bond motifs is 1. The molecule has 18 heavy (non-hydrogen) atoms. The summed E-state index contributed by atoms with van der Waals surface area (Å²) in [5.74, 6) is -0.212. The second-order valence-corrected chi connectivity index (χ2v) is 5.01. The van der Waals surface area contributed by atoms with Gasteiger partial charge < -0.3 is 0 Å². The van der Waals surface area contributed by atoms with Crippen LogP contribution in [-0.2, 0) is 0 Å². The predicted molar refractivity (Wildman–Crippen MR) is 77.0 cm³/mol. The van der Waals surface area contributed by atoms with Gasteiger partial charge in [0.2, 0.25) is 0 Å². The largest absolute Gasteiger partial charge is 0.207 e. The SMILES string of the molecule is Fc1cccc(-c2cccc3cccc(Br)c23)c1. The maximum atomic E-state index is 13.3. The zero-order chi connectivity index (χ0) is 12.5. The van der Waals surface area contributed by atoms with Crippen molar-refractivity contribution in [1.29, 1.82) is 0 Å². The van der Waals surface area contributed by atoms with Crippen LogP contribution in [0.5, 0.6) is 0 Å². The Labute approximate surface area is 113 Å². The number of halogens is 2. The number of rotatable bonds is 1. The minimum absolute atomic E-state index is 0.212. The predicted octanol–water partition coefficient (Wildman–Crippen LogP) is 5.41. The number of hydrogen-bond donors (Lipinski definition) is 0. The summed E-state index contributed by atoms with van der Waals surface area (Å²) in [5.41, 5.74) is 1.94. The number of hydrogen-bond acceptors (Lipinski definition) is 0. The van der Waals surface area contributed by atoms with Gasteiger partial charge in [-0.2, -0.15) is 0 Å². The molecular formula is C16H10BrF. The van der Waals surface area contributed by atoms with Gasteiger partial charge in [-0.25, -0.2) is 4.39 Å². The average molecular weight is 301 g/mol. The molecule has 0 aliphatic carbocycles. The first kappa shape index (κ1) is 11.4. The Morgan fingerprint density at radius 2 is 1.56 bits per heavy atom. The first-order valence-corrected chi connectivity index (χ1v) is 6.48. The van der Waals surface area contributed by atoms with Gasteiger partial charge in [0.05, 0.1) is 0 Å². The molecule has 3 rings (SSSR count). The van der Waals surface area contributed by atoms with Crippen LogP contribution in [0.4, 0.5) is 4.39 Å². The second-order valence-electron chi connectivity index (χ2n) is 4.15. The van der Waals surface area contributed by atoms with Crippen molar-refractivity contribution in [1.82, 2.24) is 0 Å². The van der Waals surface area contributed by atoms with Gasteiger partial charge in [0, 0.05) is 9.86 Å². The fourth-order valence-corrected chi connectivity index (χ4v) is 2.79. The lowest BCUT2D eigenvalue weighted by atomic mass is 9.98. The highest BCUT2D eigenvalue weighted by molar-refractivity contribution is 9.10. The van der Waals surface area contributed by atoms with Crippen LogP contribution in [0.2, 0.25) is 0 Å². The first-order chi connectivity index (χ1) is 8.75. The van der Waals surface area contributed by atoms with Crippen molar-refractivity contribution >= 4 is 26.7 Å². The molecule has 0 N–H and O–H groups in total. The van der Waals surface area contributed by atoms with E-state index in [1.54, 1.807) is 12.1 Å². The van der Waals surface area contributed by atoms with Crippen molar-refractivity contribution in [3.63, 3.8) is 0 Å². The molecule has 3 aromatic rings. The molecule has 0 unspecified atom stereocenters. The maximum absolute atomic E-state index is 13.3. The third kappa shape index (κ3) is 1.93. The minimum Gasteiger partial charge on any atom is -0.207 e. The fraction of sp³-hybridized carbons (Fsp3) is 0. The van der Waals surface area contributed by atoms with Gasteiger partial charge >= 0.3 is 0 Å². The van der Waals surface area contributed by atoms with E-state index in [9.17, 15) is 4.39 Å². The Morgan fingerprint density at radius 1 is 0.833 bits per heavy atom. The topological polar surface area (TPSA) is 0 Å². The molecule has 0 aliphatic rings. The van der Waals surface area contributed by atoms with Gasteiger partial charge in [0.25, 0.3) is 0 Å². The molecule has 0 saturated carbocycles. The average Bonchev–Trinajstić information content (AvgIpc) is 2.38. The molecule has 0 heterocycles. The molecule has 0 nitrogen and oxygen atoms in total. The zero-order valence-electron chi connectivity index (χ0n) is 9.53. The lowest BCUT2D eigenvalue weighted by Crippen LogP contribution is -1.83. The van der Waals surface area contributed by atoms with Crippen molar-refractivity contribution < 1.29 is 4.39 Å². The van der Waals surface area contributed by atoms with Gasteiger partial charge in [-0.15, -0.1) is 0 Å². The normalized spacial score (nSPS) is 10.8. The summed E-state index contributed by atoms with van der Waals surface area (Å²) >= 11 is 3.57. The van der Waals surface area contributed by atoms with Crippen LogP contribution in [-0.4, -0.2) is 0 Å². The quantitative estimate of drug-likeness (QED) is 0.564. The molecule has 0 aliphatic heterocycles. The first-order valence-electron chi connectivity index (χ1n) is 5.69. The molecule has 0 fully saturated rings. The van der Waals surface area contributed by atoms with Gasteiger partial charge in [-0.1, -0.05) is 58.4 Å². The summed E-state index contributed by atoms with van der Waals surface area (Å²) in [4.78, 5) is 0. The van der Waals surface area contributed by atoms with E-state index in [2.05, 4.69) is 28.1 Å². The Balaban J connectivity index is 2.36. The summed E-state index contributed by atoms with van der Waals surface area (Å²) in [6.07, 6.45) is 0. The minimum atomic E-state index is -0.212. The number of benzene rings is 3. The van der Waals surface area contributed by atoms with E-state index in [1.807, 2.05) is 30.3 Å². The molecule has 0 atom stereocenters. The Hall–Kier alpha value is -1.67. The zero-order valence-corrected chi connectivity index (χ0v) is 11.1. The van der Waals surface area contributed by atoms with E-state index in [0.717, 1.165) is 26.4 Å². The van der Waals surface area contributed by atoms with Gasteiger partial charge in [0.15, 0.2) is 0 Å². The van der Waals surface area contributed by atoms with Crippen molar-refractivity contribution in [3.05, 3.63) is 71.0 Å². The summed E-state index contributed by atoms with van der Waals surface area (Å²) < 4.78 is 14.4. The van der Waals surface area contributed by atoms with Crippen molar-refractivity contribution in [2.45, 2.75) is 0 Å². The van der Waals surface area contributed by atoms with E-state index in [4.69, 9.17) is 0 Å². The third-order valence-corrected chi connectivity index (χ3v) is 3.65. The molecule has 88 valence electrons. The molecule has 0 spiro atoms. The summed E-state index contributed by atoms with van der Waals surface area (Å²) in [6.45, 7) is 0. The molecule has 0 radical (unpaired) electrons. The summed E-state index contributed by atoms with van der Waals surface area (Å²) in [7, 11) is 0. The van der Waals surface area contributed by atoms with E-state index >= 15 is 0 Å². The van der Waals surface area contributed by atoms with E-state index in [1.165, 1.54) is 6.07 Å². The molecule has 0 aromatic heterocycles. The van der Waals surface area contributed by atoms with Crippen LogP contribution in [0.1, 0.15) is 0 Å². The molecule has 0 amide bonds. The van der Waals surface area contributed by atoms with Crippen molar-refractivity contribution in [3.8, 4) is 11.1 Å². The Kier molecular flexibility index (Phi) is 2.88.